The van der Waals surface area contributed by atoms with Crippen LogP contribution in [0.5, 0.6) is 0 Å². The topological polar surface area (TPSA) is 49.2 Å². The Kier molecular flexibility index (Phi) is 4.32. The van der Waals surface area contributed by atoms with E-state index in [9.17, 15) is 0 Å². The van der Waals surface area contributed by atoms with Crippen molar-refractivity contribution in [1.29, 1.82) is 0 Å². The van der Waals surface area contributed by atoms with Crippen LogP contribution in [0.2, 0.25) is 0 Å². The Morgan fingerprint density at radius 1 is 1.50 bits per heavy atom. The molecule has 1 aromatic heterocycles. The van der Waals surface area contributed by atoms with E-state index in [4.69, 9.17) is 5.11 Å². The monoisotopic (exact) mass is 195 g/mol. The SMILES string of the molecule is CCN(CCCO)c1cc(C)cnn1. The van der Waals surface area contributed by atoms with E-state index in [1.165, 1.54) is 0 Å². The van der Waals surface area contributed by atoms with Gasteiger partial charge in [0.1, 0.15) is 0 Å². The van der Waals surface area contributed by atoms with Gasteiger partial charge >= 0.3 is 0 Å². The maximum atomic E-state index is 8.75. The van der Waals surface area contributed by atoms with Crippen molar-refractivity contribution in [2.24, 2.45) is 0 Å². The van der Waals surface area contributed by atoms with Crippen LogP contribution < -0.4 is 4.90 Å². The molecule has 0 saturated carbocycles. The molecule has 1 aromatic rings. The summed E-state index contributed by atoms with van der Waals surface area (Å²) in [4.78, 5) is 2.11. The zero-order valence-electron chi connectivity index (χ0n) is 8.77. The van der Waals surface area contributed by atoms with E-state index in [-0.39, 0.29) is 6.61 Å². The smallest absolute Gasteiger partial charge is 0.151 e. The minimum absolute atomic E-state index is 0.218. The highest BCUT2D eigenvalue weighted by atomic mass is 16.3. The maximum Gasteiger partial charge on any atom is 0.151 e. The van der Waals surface area contributed by atoms with E-state index in [0.29, 0.717) is 0 Å². The molecule has 4 nitrogen and oxygen atoms in total. The molecule has 0 fully saturated rings. The highest BCUT2D eigenvalue weighted by Crippen LogP contribution is 2.10. The van der Waals surface area contributed by atoms with Crippen molar-refractivity contribution in [3.8, 4) is 0 Å². The second-order valence-electron chi connectivity index (χ2n) is 3.25. The van der Waals surface area contributed by atoms with Gasteiger partial charge < -0.3 is 10.0 Å². The molecule has 0 amide bonds. The fourth-order valence-corrected chi connectivity index (χ4v) is 1.30. The highest BCUT2D eigenvalue weighted by molar-refractivity contribution is 5.38. The first-order valence-corrected chi connectivity index (χ1v) is 4.93. The molecule has 1 rings (SSSR count). The molecule has 0 aliphatic heterocycles. The lowest BCUT2D eigenvalue weighted by atomic mass is 10.3. The van der Waals surface area contributed by atoms with Crippen molar-refractivity contribution >= 4 is 5.82 Å². The van der Waals surface area contributed by atoms with Gasteiger partial charge in [-0.25, -0.2) is 0 Å². The number of aliphatic hydroxyl groups is 1. The van der Waals surface area contributed by atoms with Crippen molar-refractivity contribution in [2.75, 3.05) is 24.6 Å². The second kappa shape index (κ2) is 5.54. The highest BCUT2D eigenvalue weighted by Gasteiger charge is 2.05. The van der Waals surface area contributed by atoms with Crippen molar-refractivity contribution < 1.29 is 5.11 Å². The molecule has 4 heteroatoms. The van der Waals surface area contributed by atoms with E-state index < -0.39 is 0 Å². The summed E-state index contributed by atoms with van der Waals surface area (Å²) in [5.74, 6) is 0.890. The zero-order valence-corrected chi connectivity index (χ0v) is 8.77. The molecule has 0 bridgehead atoms. The summed E-state index contributed by atoms with van der Waals surface area (Å²) in [7, 11) is 0. The van der Waals surface area contributed by atoms with Gasteiger partial charge in [0.05, 0.1) is 6.20 Å². The third kappa shape index (κ3) is 2.96. The number of aryl methyl sites for hydroxylation is 1. The molecule has 1 N–H and O–H groups in total. The van der Waals surface area contributed by atoms with Crippen LogP contribution in [0, 0.1) is 6.92 Å². The molecule has 0 atom stereocenters. The molecular weight excluding hydrogens is 178 g/mol. The summed E-state index contributed by atoms with van der Waals surface area (Å²) in [6.45, 7) is 6.00. The zero-order chi connectivity index (χ0) is 10.4. The summed E-state index contributed by atoms with van der Waals surface area (Å²) < 4.78 is 0. The minimum Gasteiger partial charge on any atom is -0.396 e. The first-order valence-electron chi connectivity index (χ1n) is 4.93. The first kappa shape index (κ1) is 10.9. The lowest BCUT2D eigenvalue weighted by Crippen LogP contribution is -2.25. The van der Waals surface area contributed by atoms with Gasteiger partial charge in [0, 0.05) is 19.7 Å². The number of nitrogens with zero attached hydrogens (tertiary/aromatic N) is 3. The van der Waals surface area contributed by atoms with Gasteiger partial charge in [0.2, 0.25) is 0 Å². The fourth-order valence-electron chi connectivity index (χ4n) is 1.30. The third-order valence-electron chi connectivity index (χ3n) is 2.07. The predicted molar refractivity (Wildman–Crippen MR) is 56.4 cm³/mol. The number of hydrogen-bond donors (Lipinski definition) is 1. The number of rotatable bonds is 5. The molecular formula is C10H17N3O. The average molecular weight is 195 g/mol. The standard InChI is InChI=1S/C10H17N3O/c1-3-13(5-4-6-14)10-7-9(2)8-11-12-10/h7-8,14H,3-6H2,1-2H3. The summed E-state index contributed by atoms with van der Waals surface area (Å²) >= 11 is 0. The van der Waals surface area contributed by atoms with Crippen LogP contribution in [0.1, 0.15) is 18.9 Å². The van der Waals surface area contributed by atoms with E-state index >= 15 is 0 Å². The number of hydrogen-bond acceptors (Lipinski definition) is 4. The Balaban J connectivity index is 2.68. The third-order valence-corrected chi connectivity index (χ3v) is 2.07. The van der Waals surface area contributed by atoms with Gasteiger partial charge in [-0.15, -0.1) is 5.10 Å². The molecule has 0 unspecified atom stereocenters. The van der Waals surface area contributed by atoms with Gasteiger partial charge in [-0.2, -0.15) is 5.10 Å². The maximum absolute atomic E-state index is 8.75. The van der Waals surface area contributed by atoms with E-state index in [1.54, 1.807) is 6.20 Å². The quantitative estimate of drug-likeness (QED) is 0.761. The fraction of sp³-hybridized carbons (Fsp3) is 0.600. The summed E-state index contributed by atoms with van der Waals surface area (Å²) in [6, 6.07) is 2.01. The second-order valence-corrected chi connectivity index (χ2v) is 3.25. The van der Waals surface area contributed by atoms with Crippen LogP contribution in [0.25, 0.3) is 0 Å². The van der Waals surface area contributed by atoms with Crippen LogP contribution in [0.15, 0.2) is 12.3 Å². The van der Waals surface area contributed by atoms with Crippen LogP contribution in [0.3, 0.4) is 0 Å². The van der Waals surface area contributed by atoms with Gasteiger partial charge in [-0.3, -0.25) is 0 Å². The van der Waals surface area contributed by atoms with Gasteiger partial charge in [-0.05, 0) is 31.9 Å². The normalized spacial score (nSPS) is 10.2. The molecule has 0 aromatic carbocycles. The molecule has 0 saturated heterocycles. The van der Waals surface area contributed by atoms with E-state index in [2.05, 4.69) is 22.0 Å². The minimum atomic E-state index is 0.218. The Bertz CT molecular complexity index is 278. The molecule has 0 spiro atoms. The molecule has 0 aliphatic carbocycles. The summed E-state index contributed by atoms with van der Waals surface area (Å²) in [5.41, 5.74) is 1.11. The largest absolute Gasteiger partial charge is 0.396 e. The van der Waals surface area contributed by atoms with Gasteiger partial charge in [0.25, 0.3) is 0 Å². The molecule has 0 radical (unpaired) electrons. The Labute approximate surface area is 84.6 Å². The molecule has 0 aliphatic rings. The molecule has 78 valence electrons. The van der Waals surface area contributed by atoms with Crippen molar-refractivity contribution in [2.45, 2.75) is 20.3 Å². The Hall–Kier alpha value is -1.16. The predicted octanol–water partition coefficient (Wildman–Crippen LogP) is 0.994. The van der Waals surface area contributed by atoms with Crippen LogP contribution in [-0.4, -0.2) is 35.0 Å². The van der Waals surface area contributed by atoms with Crippen LogP contribution >= 0.6 is 0 Å². The van der Waals surface area contributed by atoms with Crippen molar-refractivity contribution in [3.05, 3.63) is 17.8 Å². The Morgan fingerprint density at radius 3 is 2.86 bits per heavy atom. The molecule has 1 heterocycles. The van der Waals surface area contributed by atoms with E-state index in [1.807, 2.05) is 13.0 Å². The van der Waals surface area contributed by atoms with E-state index in [0.717, 1.165) is 30.9 Å². The van der Waals surface area contributed by atoms with Crippen LogP contribution in [-0.2, 0) is 0 Å². The lowest BCUT2D eigenvalue weighted by Gasteiger charge is -2.20. The Morgan fingerprint density at radius 2 is 2.29 bits per heavy atom. The number of aromatic nitrogens is 2. The molecule has 14 heavy (non-hydrogen) atoms. The van der Waals surface area contributed by atoms with Gasteiger partial charge in [-0.1, -0.05) is 0 Å². The number of anilines is 1. The van der Waals surface area contributed by atoms with Gasteiger partial charge in [0.15, 0.2) is 5.82 Å². The summed E-state index contributed by atoms with van der Waals surface area (Å²) in [5, 5.41) is 16.7. The lowest BCUT2D eigenvalue weighted by molar-refractivity contribution is 0.289. The van der Waals surface area contributed by atoms with Crippen LogP contribution in [0.4, 0.5) is 5.82 Å². The summed E-state index contributed by atoms with van der Waals surface area (Å²) in [6.07, 6.45) is 2.51. The first-order chi connectivity index (χ1) is 6.77. The number of aliphatic hydroxyl groups excluding tert-OH is 1. The van der Waals surface area contributed by atoms with Crippen molar-refractivity contribution in [3.63, 3.8) is 0 Å². The average Bonchev–Trinajstić information content (AvgIpc) is 2.19. The van der Waals surface area contributed by atoms with Crippen molar-refractivity contribution in [1.82, 2.24) is 10.2 Å².